The summed E-state index contributed by atoms with van der Waals surface area (Å²) >= 11 is 7.06. The number of rotatable bonds is 1. The van der Waals surface area contributed by atoms with E-state index >= 15 is 0 Å². The van der Waals surface area contributed by atoms with Gasteiger partial charge >= 0.3 is 0 Å². The van der Waals surface area contributed by atoms with Crippen LogP contribution in [0.4, 0.5) is 0 Å². The second-order valence-corrected chi connectivity index (χ2v) is 7.11. The van der Waals surface area contributed by atoms with Crippen molar-refractivity contribution in [3.63, 3.8) is 0 Å². The van der Waals surface area contributed by atoms with Crippen LogP contribution in [0.25, 0.3) is 17.0 Å². The lowest BCUT2D eigenvalue weighted by molar-refractivity contribution is 0.801. The lowest BCUT2D eigenvalue weighted by atomic mass is 10.2. The largest absolute Gasteiger partial charge is 0.345 e. The number of nitrogens with zero attached hydrogens (tertiary/aromatic N) is 2. The van der Waals surface area contributed by atoms with Crippen LogP contribution in [0.5, 0.6) is 0 Å². The molecule has 0 saturated carbocycles. The Morgan fingerprint density at radius 2 is 1.76 bits per heavy atom. The molecule has 2 nitrogen and oxygen atoms in total. The maximum absolute atomic E-state index is 4.83. The number of benzene rings is 2. The first-order chi connectivity index (χ1) is 10.1. The second kappa shape index (κ2) is 4.82. The predicted octanol–water partition coefficient (Wildman–Crippen LogP) is 3.86. The lowest BCUT2D eigenvalue weighted by Crippen LogP contribution is -2.20. The van der Waals surface area contributed by atoms with Gasteiger partial charge in [-0.25, -0.2) is 0 Å². The van der Waals surface area contributed by atoms with E-state index in [-0.39, 0.29) is 6.04 Å². The molecule has 0 fully saturated rings. The van der Waals surface area contributed by atoms with Crippen molar-refractivity contribution in [2.45, 2.75) is 6.04 Å². The zero-order chi connectivity index (χ0) is 14.6. The minimum Gasteiger partial charge on any atom is -0.345 e. The van der Waals surface area contributed by atoms with E-state index in [4.69, 9.17) is 4.99 Å². The summed E-state index contributed by atoms with van der Waals surface area (Å²) in [6.45, 7) is 0. The van der Waals surface area contributed by atoms with Crippen LogP contribution < -0.4 is 10.6 Å². The molecule has 0 amide bonds. The Morgan fingerprint density at radius 1 is 1.00 bits per heavy atom. The fraction of sp³-hybridized carbons (Fsp3) is 0.118. The number of hydrogen-bond donors (Lipinski definition) is 0. The third-order valence-electron chi connectivity index (χ3n) is 3.95. The highest BCUT2D eigenvalue weighted by atomic mass is 79.9. The maximum Gasteiger partial charge on any atom is 0.110 e. The van der Waals surface area contributed by atoms with Crippen molar-refractivity contribution in [3.05, 3.63) is 67.7 Å². The van der Waals surface area contributed by atoms with Crippen LogP contribution in [0.3, 0.4) is 0 Å². The van der Waals surface area contributed by atoms with Gasteiger partial charge in [0.25, 0.3) is 0 Å². The summed E-state index contributed by atoms with van der Waals surface area (Å²) in [4.78, 5) is 4.83. The highest BCUT2D eigenvalue weighted by molar-refractivity contribution is 9.10. The fourth-order valence-electron chi connectivity index (χ4n) is 2.89. The smallest absolute Gasteiger partial charge is 0.110 e. The van der Waals surface area contributed by atoms with Crippen molar-refractivity contribution in [1.82, 2.24) is 4.57 Å². The topological polar surface area (TPSA) is 17.3 Å². The quantitative estimate of drug-likeness (QED) is 0.587. The molecular formula is C17H12Br2N2. The number of fused-ring (bicyclic) bond motifs is 2. The van der Waals surface area contributed by atoms with E-state index in [0.29, 0.717) is 0 Å². The molecule has 4 rings (SSSR count). The van der Waals surface area contributed by atoms with Crippen molar-refractivity contribution in [2.75, 3.05) is 0 Å². The minimum atomic E-state index is 0.0884. The molecule has 1 aromatic heterocycles. The number of aryl methyl sites for hydroxylation is 1. The highest BCUT2D eigenvalue weighted by Crippen LogP contribution is 2.29. The van der Waals surface area contributed by atoms with E-state index in [9.17, 15) is 0 Å². The summed E-state index contributed by atoms with van der Waals surface area (Å²) in [7, 11) is 2.10. The summed E-state index contributed by atoms with van der Waals surface area (Å²) in [5.74, 6) is 0. The van der Waals surface area contributed by atoms with Crippen LogP contribution in [-0.2, 0) is 7.05 Å². The van der Waals surface area contributed by atoms with Gasteiger partial charge in [-0.15, -0.1) is 0 Å². The van der Waals surface area contributed by atoms with Gasteiger partial charge in [0, 0.05) is 32.6 Å². The average Bonchev–Trinajstić information content (AvgIpc) is 3.00. The summed E-state index contributed by atoms with van der Waals surface area (Å²) in [6, 6.07) is 14.9. The fourth-order valence-corrected chi connectivity index (χ4v) is 3.62. The SMILES string of the molecule is Cn1c(C2C=c3cc(Br)ccc3=N2)cc2ccc(Br)cc21. The van der Waals surface area contributed by atoms with Crippen LogP contribution in [0.15, 0.2) is 56.4 Å². The van der Waals surface area contributed by atoms with Gasteiger partial charge in [0.2, 0.25) is 0 Å². The first kappa shape index (κ1) is 13.3. The van der Waals surface area contributed by atoms with Crippen molar-refractivity contribution >= 4 is 48.8 Å². The third kappa shape index (κ3) is 2.17. The number of aromatic nitrogens is 1. The van der Waals surface area contributed by atoms with Gasteiger partial charge < -0.3 is 4.57 Å². The summed E-state index contributed by atoms with van der Waals surface area (Å²) < 4.78 is 4.42. The summed E-state index contributed by atoms with van der Waals surface area (Å²) in [5, 5.41) is 3.51. The molecule has 2 aromatic carbocycles. The lowest BCUT2D eigenvalue weighted by Gasteiger charge is -2.07. The second-order valence-electron chi connectivity index (χ2n) is 5.28. The number of halogens is 2. The molecule has 21 heavy (non-hydrogen) atoms. The Kier molecular flexibility index (Phi) is 3.05. The molecule has 2 heterocycles. The van der Waals surface area contributed by atoms with E-state index in [1.807, 2.05) is 6.07 Å². The molecular weight excluding hydrogens is 392 g/mol. The van der Waals surface area contributed by atoms with Gasteiger partial charge in [-0.3, -0.25) is 4.99 Å². The van der Waals surface area contributed by atoms with Crippen molar-refractivity contribution in [3.8, 4) is 0 Å². The van der Waals surface area contributed by atoms with Gasteiger partial charge in [0.05, 0.1) is 5.36 Å². The van der Waals surface area contributed by atoms with Gasteiger partial charge in [-0.2, -0.15) is 0 Å². The van der Waals surface area contributed by atoms with Crippen LogP contribution in [-0.4, -0.2) is 4.57 Å². The van der Waals surface area contributed by atoms with E-state index < -0.39 is 0 Å². The Hall–Kier alpha value is -1.39. The van der Waals surface area contributed by atoms with E-state index in [1.54, 1.807) is 0 Å². The zero-order valence-corrected chi connectivity index (χ0v) is 14.5. The molecule has 0 saturated heterocycles. The molecule has 0 spiro atoms. The van der Waals surface area contributed by atoms with Gasteiger partial charge in [0.1, 0.15) is 6.04 Å². The molecule has 1 aliphatic rings. The summed E-state index contributed by atoms with van der Waals surface area (Å²) in [6.07, 6.45) is 2.23. The molecule has 1 atom stereocenters. The van der Waals surface area contributed by atoms with Crippen molar-refractivity contribution < 1.29 is 0 Å². The van der Waals surface area contributed by atoms with Crippen LogP contribution in [0.2, 0.25) is 0 Å². The van der Waals surface area contributed by atoms with Crippen LogP contribution in [0, 0.1) is 0 Å². The Balaban J connectivity index is 1.90. The van der Waals surface area contributed by atoms with Gasteiger partial charge in [-0.1, -0.05) is 37.9 Å². The standard InChI is InChI=1S/C17H12Br2N2/c1-21-16-9-13(19)3-2-10(16)8-17(21)15-7-11-6-12(18)4-5-14(11)20-15/h2-9,15H,1H3. The minimum absolute atomic E-state index is 0.0884. The Bertz CT molecular complexity index is 986. The molecule has 3 aromatic rings. The van der Waals surface area contributed by atoms with E-state index in [0.717, 1.165) is 14.3 Å². The Morgan fingerprint density at radius 3 is 2.62 bits per heavy atom. The molecule has 4 heteroatoms. The average molecular weight is 404 g/mol. The molecule has 0 N–H and O–H groups in total. The van der Waals surface area contributed by atoms with Gasteiger partial charge in [-0.05, 0) is 47.7 Å². The molecule has 0 aliphatic carbocycles. The van der Waals surface area contributed by atoms with Crippen LogP contribution >= 0.6 is 31.9 Å². The van der Waals surface area contributed by atoms with Crippen molar-refractivity contribution in [2.24, 2.45) is 12.0 Å². The van der Waals surface area contributed by atoms with E-state index in [1.165, 1.54) is 21.8 Å². The Labute approximate surface area is 139 Å². The zero-order valence-electron chi connectivity index (χ0n) is 11.3. The maximum atomic E-state index is 4.83. The van der Waals surface area contributed by atoms with Gasteiger partial charge in [0.15, 0.2) is 0 Å². The monoisotopic (exact) mass is 402 g/mol. The summed E-state index contributed by atoms with van der Waals surface area (Å²) in [5.41, 5.74) is 2.44. The molecule has 0 bridgehead atoms. The van der Waals surface area contributed by atoms with Crippen molar-refractivity contribution in [1.29, 1.82) is 0 Å². The highest BCUT2D eigenvalue weighted by Gasteiger charge is 2.16. The molecule has 1 aliphatic heterocycles. The van der Waals surface area contributed by atoms with Crippen LogP contribution in [0.1, 0.15) is 11.7 Å². The molecule has 104 valence electrons. The molecule has 1 unspecified atom stereocenters. The molecule has 0 radical (unpaired) electrons. The first-order valence-corrected chi connectivity index (χ1v) is 8.30. The predicted molar refractivity (Wildman–Crippen MR) is 92.7 cm³/mol. The number of hydrogen-bond acceptors (Lipinski definition) is 1. The first-order valence-electron chi connectivity index (χ1n) is 6.72. The normalized spacial score (nSPS) is 16.6. The van der Waals surface area contributed by atoms with E-state index in [2.05, 4.69) is 85.9 Å². The third-order valence-corrected chi connectivity index (χ3v) is 4.94.